The first-order valence-electron chi connectivity index (χ1n) is 10.3. The van der Waals surface area contributed by atoms with Crippen LogP contribution in [-0.2, 0) is 9.53 Å². The first-order valence-corrected chi connectivity index (χ1v) is 10.3. The third-order valence-electron chi connectivity index (χ3n) is 5.05. The number of fused-ring (bicyclic) bond motifs is 1. The average Bonchev–Trinajstić information content (AvgIpc) is 2.82. The number of hydrogen-bond acceptors (Lipinski definition) is 5. The highest BCUT2D eigenvalue weighted by Crippen LogP contribution is 2.24. The molecule has 1 aromatic heterocycles. The number of nitrogens with zero attached hydrogens (tertiary/aromatic N) is 2. The van der Waals surface area contributed by atoms with Gasteiger partial charge in [-0.25, -0.2) is 9.78 Å². The molecule has 0 aliphatic heterocycles. The van der Waals surface area contributed by atoms with E-state index in [1.165, 1.54) is 12.2 Å². The van der Waals surface area contributed by atoms with Crippen LogP contribution in [0.5, 0.6) is 0 Å². The monoisotopic (exact) mass is 422 g/mol. The van der Waals surface area contributed by atoms with Gasteiger partial charge in [0, 0.05) is 17.2 Å². The van der Waals surface area contributed by atoms with Gasteiger partial charge in [0.25, 0.3) is 0 Å². The summed E-state index contributed by atoms with van der Waals surface area (Å²) in [7, 11) is 0. The van der Waals surface area contributed by atoms with E-state index in [-0.39, 0.29) is 5.78 Å². The molecule has 0 amide bonds. The third kappa shape index (κ3) is 4.95. The smallest absolute Gasteiger partial charge is 0.331 e. The highest BCUT2D eigenvalue weighted by atomic mass is 16.5. The molecule has 5 nitrogen and oxygen atoms in total. The molecular formula is C27H22N2O3. The van der Waals surface area contributed by atoms with Crippen molar-refractivity contribution in [2.24, 2.45) is 0 Å². The van der Waals surface area contributed by atoms with Crippen molar-refractivity contribution >= 4 is 28.9 Å². The van der Waals surface area contributed by atoms with E-state index in [2.05, 4.69) is 9.97 Å². The van der Waals surface area contributed by atoms with Crippen molar-refractivity contribution in [3.63, 3.8) is 0 Å². The van der Waals surface area contributed by atoms with E-state index in [0.717, 1.165) is 22.2 Å². The van der Waals surface area contributed by atoms with Crippen LogP contribution in [0.25, 0.3) is 17.1 Å². The van der Waals surface area contributed by atoms with Crippen molar-refractivity contribution in [3.05, 3.63) is 113 Å². The van der Waals surface area contributed by atoms with E-state index in [4.69, 9.17) is 4.74 Å². The minimum atomic E-state index is -1.04. The lowest BCUT2D eigenvalue weighted by Crippen LogP contribution is -2.19. The van der Waals surface area contributed by atoms with Gasteiger partial charge in [-0.05, 0) is 32.1 Å². The molecule has 0 aliphatic rings. The fourth-order valence-electron chi connectivity index (χ4n) is 3.24. The van der Waals surface area contributed by atoms with Crippen molar-refractivity contribution in [1.82, 2.24) is 9.97 Å². The fourth-order valence-corrected chi connectivity index (χ4v) is 3.24. The maximum atomic E-state index is 13.2. The normalized spacial score (nSPS) is 12.1. The van der Waals surface area contributed by atoms with Gasteiger partial charge < -0.3 is 4.74 Å². The van der Waals surface area contributed by atoms with Gasteiger partial charge in [-0.3, -0.25) is 9.78 Å². The van der Waals surface area contributed by atoms with Gasteiger partial charge in [-0.15, -0.1) is 0 Å². The van der Waals surface area contributed by atoms with Crippen LogP contribution >= 0.6 is 0 Å². The Bertz CT molecular complexity index is 1290. The quantitative estimate of drug-likeness (QED) is 0.235. The number of ether oxygens (including phenoxy) is 1. The number of Topliss-reactive ketones (excluding diaryl/α,β-unsaturated/α-hetero) is 1. The van der Waals surface area contributed by atoms with Crippen molar-refractivity contribution in [1.29, 1.82) is 0 Å². The minimum absolute atomic E-state index is 0.277. The topological polar surface area (TPSA) is 69.2 Å². The van der Waals surface area contributed by atoms with Crippen LogP contribution < -0.4 is 0 Å². The first-order chi connectivity index (χ1) is 15.5. The third-order valence-corrected chi connectivity index (χ3v) is 5.05. The van der Waals surface area contributed by atoms with Gasteiger partial charge in [0.15, 0.2) is 6.10 Å². The zero-order valence-corrected chi connectivity index (χ0v) is 17.9. The second-order valence-corrected chi connectivity index (χ2v) is 7.57. The van der Waals surface area contributed by atoms with Gasteiger partial charge in [0.2, 0.25) is 5.78 Å². The van der Waals surface area contributed by atoms with Crippen molar-refractivity contribution < 1.29 is 14.3 Å². The Labute approximate surface area is 186 Å². The summed E-state index contributed by atoms with van der Waals surface area (Å²) in [6.07, 6.45) is 3.34. The molecule has 0 saturated carbocycles. The number of ketones is 1. The molecule has 5 heteroatoms. The van der Waals surface area contributed by atoms with Crippen molar-refractivity contribution in [2.75, 3.05) is 0 Å². The predicted octanol–water partition coefficient (Wildman–Crippen LogP) is 5.43. The standard InChI is InChI=1S/C27H22N2O3/c1-18-7-11-20(12-8-18)26(31)27(21-13-9-19(2)10-14-21)32-25(30)16-15-22-17-28-23-5-3-4-6-24(23)29-22/h3-17,27H,1-2H3/b16-15+/t27-/m1/s1. The van der Waals surface area contributed by atoms with E-state index in [9.17, 15) is 9.59 Å². The Balaban J connectivity index is 1.57. The van der Waals surface area contributed by atoms with Crippen LogP contribution in [0.1, 0.15) is 38.8 Å². The van der Waals surface area contributed by atoms with Gasteiger partial charge in [0.1, 0.15) is 0 Å². The molecule has 0 radical (unpaired) electrons. The van der Waals surface area contributed by atoms with Crippen LogP contribution in [0.15, 0.2) is 85.1 Å². The van der Waals surface area contributed by atoms with Crippen LogP contribution in [0.4, 0.5) is 0 Å². The summed E-state index contributed by atoms with van der Waals surface area (Å²) in [6, 6.07) is 22.1. The molecule has 0 spiro atoms. The second-order valence-electron chi connectivity index (χ2n) is 7.57. The number of benzene rings is 3. The van der Waals surface area contributed by atoms with Gasteiger partial charge >= 0.3 is 5.97 Å². The highest BCUT2D eigenvalue weighted by Gasteiger charge is 2.25. The zero-order chi connectivity index (χ0) is 22.5. The molecule has 1 heterocycles. The molecule has 4 aromatic rings. The number of rotatable bonds is 6. The Kier molecular flexibility index (Phi) is 6.17. The number of carbonyl (C=O) groups excluding carboxylic acids is 2. The van der Waals surface area contributed by atoms with E-state index in [0.29, 0.717) is 16.8 Å². The van der Waals surface area contributed by atoms with Gasteiger partial charge in [0.05, 0.1) is 22.9 Å². The molecule has 0 N–H and O–H groups in total. The summed E-state index contributed by atoms with van der Waals surface area (Å²) in [6.45, 7) is 3.91. The van der Waals surface area contributed by atoms with Gasteiger partial charge in [-0.2, -0.15) is 0 Å². The summed E-state index contributed by atoms with van der Waals surface area (Å²) in [4.78, 5) is 34.6. The molecule has 0 bridgehead atoms. The average molecular weight is 422 g/mol. The van der Waals surface area contributed by atoms with Crippen LogP contribution in [0.3, 0.4) is 0 Å². The van der Waals surface area contributed by atoms with Crippen LogP contribution in [-0.4, -0.2) is 21.7 Å². The molecule has 0 unspecified atom stereocenters. The summed E-state index contributed by atoms with van der Waals surface area (Å²) in [5.41, 5.74) is 5.23. The second kappa shape index (κ2) is 9.35. The number of esters is 1. The summed E-state index contributed by atoms with van der Waals surface area (Å²) in [5, 5.41) is 0. The summed E-state index contributed by atoms with van der Waals surface area (Å²) in [5.74, 6) is -0.910. The molecule has 32 heavy (non-hydrogen) atoms. The van der Waals surface area contributed by atoms with E-state index < -0.39 is 12.1 Å². The molecular weight excluding hydrogens is 400 g/mol. The lowest BCUT2D eigenvalue weighted by Gasteiger charge is -2.17. The summed E-state index contributed by atoms with van der Waals surface area (Å²) < 4.78 is 5.61. The number of hydrogen-bond donors (Lipinski definition) is 0. The SMILES string of the molecule is Cc1ccc(C(=O)[C@H](OC(=O)/C=C/c2cnc3ccccc3n2)c2ccc(C)cc2)cc1. The minimum Gasteiger partial charge on any atom is -0.446 e. The lowest BCUT2D eigenvalue weighted by molar-refractivity contribution is -0.141. The predicted molar refractivity (Wildman–Crippen MR) is 124 cm³/mol. The largest absolute Gasteiger partial charge is 0.446 e. The molecule has 158 valence electrons. The maximum absolute atomic E-state index is 13.2. The van der Waals surface area contributed by atoms with Crippen LogP contribution in [0.2, 0.25) is 0 Å². The highest BCUT2D eigenvalue weighted by molar-refractivity contribution is 6.01. The van der Waals surface area contributed by atoms with E-state index >= 15 is 0 Å². The van der Waals surface area contributed by atoms with Crippen molar-refractivity contribution in [3.8, 4) is 0 Å². The van der Waals surface area contributed by atoms with Gasteiger partial charge in [-0.1, -0.05) is 71.8 Å². The maximum Gasteiger partial charge on any atom is 0.331 e. The molecule has 4 rings (SSSR count). The lowest BCUT2D eigenvalue weighted by atomic mass is 9.98. The molecule has 1 atom stereocenters. The van der Waals surface area contributed by atoms with Crippen molar-refractivity contribution in [2.45, 2.75) is 20.0 Å². The first kappa shape index (κ1) is 21.1. The van der Waals surface area contributed by atoms with Crippen LogP contribution in [0, 0.1) is 13.8 Å². The zero-order valence-electron chi connectivity index (χ0n) is 17.9. The Morgan fingerprint density at radius 3 is 2.16 bits per heavy atom. The van der Waals surface area contributed by atoms with E-state index in [1.54, 1.807) is 30.5 Å². The summed E-state index contributed by atoms with van der Waals surface area (Å²) >= 11 is 0. The van der Waals surface area contributed by atoms with E-state index in [1.807, 2.05) is 62.4 Å². The fraction of sp³-hybridized carbons (Fsp3) is 0.111. The molecule has 0 aliphatic carbocycles. The number of aryl methyl sites for hydroxylation is 2. The Hall–Kier alpha value is -4.12. The molecule has 3 aromatic carbocycles. The number of aromatic nitrogens is 2. The Morgan fingerprint density at radius 1 is 0.844 bits per heavy atom. The number of para-hydroxylation sites is 2. The molecule has 0 fully saturated rings. The Morgan fingerprint density at radius 2 is 1.47 bits per heavy atom. The molecule has 0 saturated heterocycles. The number of carbonyl (C=O) groups is 2.